The van der Waals surface area contributed by atoms with Crippen LogP contribution in [0.15, 0.2) is 18.2 Å². The van der Waals surface area contributed by atoms with E-state index >= 15 is 0 Å². The van der Waals surface area contributed by atoms with Gasteiger partial charge in [-0.15, -0.1) is 0 Å². The van der Waals surface area contributed by atoms with Gasteiger partial charge in [-0.1, -0.05) is 0 Å². The fraction of sp³-hybridized carbons (Fsp3) is 0.400. The van der Waals surface area contributed by atoms with E-state index in [0.29, 0.717) is 6.42 Å². The van der Waals surface area contributed by atoms with Crippen LogP contribution in [-0.4, -0.2) is 28.3 Å². The van der Waals surface area contributed by atoms with Crippen molar-refractivity contribution in [2.24, 2.45) is 0 Å². The van der Waals surface area contributed by atoms with Gasteiger partial charge in [-0.25, -0.2) is 8.42 Å². The molecule has 0 bridgehead atoms. The van der Waals surface area contributed by atoms with Crippen LogP contribution in [0.5, 0.6) is 5.75 Å². The molecule has 0 N–H and O–H groups in total. The summed E-state index contributed by atoms with van der Waals surface area (Å²) in [5.74, 6) is 0.936. The third-order valence-corrected chi connectivity index (χ3v) is 4.42. The molecule has 2 rings (SSSR count). The molecule has 15 heavy (non-hydrogen) atoms. The third-order valence-electron chi connectivity index (χ3n) is 2.67. The van der Waals surface area contributed by atoms with Crippen LogP contribution in [0.25, 0.3) is 0 Å². The average molecular weight is 227 g/mol. The van der Waals surface area contributed by atoms with Gasteiger partial charge in [0, 0.05) is 7.05 Å². The zero-order chi connectivity index (χ0) is 11.1. The summed E-state index contributed by atoms with van der Waals surface area (Å²) >= 11 is 0. The van der Waals surface area contributed by atoms with E-state index in [4.69, 9.17) is 4.74 Å². The van der Waals surface area contributed by atoms with Gasteiger partial charge in [0.15, 0.2) is 0 Å². The first kappa shape index (κ1) is 10.3. The van der Waals surface area contributed by atoms with Gasteiger partial charge < -0.3 is 4.74 Å². The van der Waals surface area contributed by atoms with E-state index in [1.807, 2.05) is 6.07 Å². The maximum atomic E-state index is 11.6. The zero-order valence-corrected chi connectivity index (χ0v) is 9.54. The van der Waals surface area contributed by atoms with Crippen molar-refractivity contribution in [3.05, 3.63) is 23.8 Å². The molecule has 1 aliphatic heterocycles. The lowest BCUT2D eigenvalue weighted by Crippen LogP contribution is -2.34. The number of nitrogens with zero attached hydrogens (tertiary/aromatic N) is 1. The van der Waals surface area contributed by atoms with Crippen LogP contribution >= 0.6 is 0 Å². The quantitative estimate of drug-likeness (QED) is 0.719. The number of methoxy groups -OCH3 is 1. The van der Waals surface area contributed by atoms with Crippen molar-refractivity contribution in [2.75, 3.05) is 24.2 Å². The molecular formula is C10H13NO3S. The fourth-order valence-electron chi connectivity index (χ4n) is 1.72. The SMILES string of the molecule is COc1ccc2c(c1)CCS(=O)(=O)N2C. The number of fused-ring (bicyclic) bond motifs is 1. The summed E-state index contributed by atoms with van der Waals surface area (Å²) in [4.78, 5) is 0. The molecule has 82 valence electrons. The molecule has 0 radical (unpaired) electrons. The first-order valence-corrected chi connectivity index (χ1v) is 6.29. The van der Waals surface area contributed by atoms with Crippen LogP contribution in [0.3, 0.4) is 0 Å². The van der Waals surface area contributed by atoms with Gasteiger partial charge in [-0.2, -0.15) is 0 Å². The summed E-state index contributed by atoms with van der Waals surface area (Å²) in [6.45, 7) is 0. The topological polar surface area (TPSA) is 46.6 Å². The van der Waals surface area contributed by atoms with Crippen molar-refractivity contribution in [1.82, 2.24) is 0 Å². The number of rotatable bonds is 1. The molecular weight excluding hydrogens is 214 g/mol. The predicted octanol–water partition coefficient (Wildman–Crippen LogP) is 1.02. The van der Waals surface area contributed by atoms with E-state index in [1.54, 1.807) is 26.3 Å². The molecule has 0 amide bonds. The number of aryl methyl sites for hydroxylation is 1. The van der Waals surface area contributed by atoms with Gasteiger partial charge >= 0.3 is 0 Å². The first-order valence-electron chi connectivity index (χ1n) is 4.68. The second kappa shape index (κ2) is 3.41. The van der Waals surface area contributed by atoms with Crippen LogP contribution < -0.4 is 9.04 Å². The maximum Gasteiger partial charge on any atom is 0.235 e. The molecule has 1 aromatic rings. The second-order valence-corrected chi connectivity index (χ2v) is 5.65. The van der Waals surface area contributed by atoms with E-state index in [9.17, 15) is 8.42 Å². The Morgan fingerprint density at radius 1 is 1.40 bits per heavy atom. The number of ether oxygens (including phenoxy) is 1. The Labute approximate surface area is 89.5 Å². The van der Waals surface area contributed by atoms with Crippen LogP contribution in [0, 0.1) is 0 Å². The number of anilines is 1. The smallest absolute Gasteiger partial charge is 0.235 e. The highest BCUT2D eigenvalue weighted by Crippen LogP contribution is 2.30. The minimum Gasteiger partial charge on any atom is -0.497 e. The van der Waals surface area contributed by atoms with Crippen LogP contribution in [-0.2, 0) is 16.4 Å². The third kappa shape index (κ3) is 1.67. The molecule has 0 fully saturated rings. The van der Waals surface area contributed by atoms with Gasteiger partial charge in [0.2, 0.25) is 10.0 Å². The highest BCUT2D eigenvalue weighted by atomic mass is 32.2. The maximum absolute atomic E-state index is 11.6. The van der Waals surface area contributed by atoms with Gasteiger partial charge in [0.1, 0.15) is 5.75 Å². The number of benzene rings is 1. The molecule has 0 aliphatic carbocycles. The molecule has 0 unspecified atom stereocenters. The van der Waals surface area contributed by atoms with Gasteiger partial charge in [0.25, 0.3) is 0 Å². The summed E-state index contributed by atoms with van der Waals surface area (Å²) in [5.41, 5.74) is 1.77. The van der Waals surface area contributed by atoms with Crippen LogP contribution in [0.4, 0.5) is 5.69 Å². The number of hydrogen-bond donors (Lipinski definition) is 0. The highest BCUT2D eigenvalue weighted by molar-refractivity contribution is 7.92. The van der Waals surface area contributed by atoms with Crippen molar-refractivity contribution in [2.45, 2.75) is 6.42 Å². The van der Waals surface area contributed by atoms with Crippen molar-refractivity contribution >= 4 is 15.7 Å². The summed E-state index contributed by atoms with van der Waals surface area (Å²) < 4.78 is 29.6. The molecule has 1 aromatic carbocycles. The van der Waals surface area contributed by atoms with Gasteiger partial charge in [0.05, 0.1) is 18.6 Å². The predicted molar refractivity (Wildman–Crippen MR) is 58.9 cm³/mol. The van der Waals surface area contributed by atoms with Crippen LogP contribution in [0.2, 0.25) is 0 Å². The molecule has 0 saturated heterocycles. The Bertz CT molecular complexity index is 481. The summed E-state index contributed by atoms with van der Waals surface area (Å²) in [5, 5.41) is 0. The average Bonchev–Trinajstić information content (AvgIpc) is 2.23. The Morgan fingerprint density at radius 3 is 2.80 bits per heavy atom. The Morgan fingerprint density at radius 2 is 2.13 bits per heavy atom. The van der Waals surface area contributed by atoms with Crippen molar-refractivity contribution in [3.8, 4) is 5.75 Å². The standard InChI is InChI=1S/C10H13NO3S/c1-11-10-4-3-9(14-2)7-8(10)5-6-15(11,12)13/h3-4,7H,5-6H2,1-2H3. The molecule has 0 saturated carbocycles. The van der Waals surface area contributed by atoms with Gasteiger partial charge in [-0.05, 0) is 30.2 Å². The largest absolute Gasteiger partial charge is 0.497 e. The Hall–Kier alpha value is -1.23. The number of sulfonamides is 1. The summed E-state index contributed by atoms with van der Waals surface area (Å²) in [6, 6.07) is 5.45. The lowest BCUT2D eigenvalue weighted by Gasteiger charge is -2.27. The van der Waals surface area contributed by atoms with E-state index < -0.39 is 10.0 Å². The summed E-state index contributed by atoms with van der Waals surface area (Å²) in [6.07, 6.45) is 0.555. The van der Waals surface area contributed by atoms with Crippen molar-refractivity contribution in [3.63, 3.8) is 0 Å². The summed E-state index contributed by atoms with van der Waals surface area (Å²) in [7, 11) is 0.0834. The van der Waals surface area contributed by atoms with E-state index in [0.717, 1.165) is 17.0 Å². The van der Waals surface area contributed by atoms with Crippen LogP contribution in [0.1, 0.15) is 5.56 Å². The molecule has 5 heteroatoms. The normalized spacial score (nSPS) is 18.4. The van der Waals surface area contributed by atoms with E-state index in [2.05, 4.69) is 0 Å². The number of hydrogen-bond acceptors (Lipinski definition) is 3. The lowest BCUT2D eigenvalue weighted by atomic mass is 10.1. The van der Waals surface area contributed by atoms with Crippen molar-refractivity contribution < 1.29 is 13.2 Å². The van der Waals surface area contributed by atoms with Crippen molar-refractivity contribution in [1.29, 1.82) is 0 Å². The highest BCUT2D eigenvalue weighted by Gasteiger charge is 2.26. The molecule has 4 nitrogen and oxygen atoms in total. The zero-order valence-electron chi connectivity index (χ0n) is 8.73. The molecule has 1 heterocycles. The van der Waals surface area contributed by atoms with E-state index in [1.165, 1.54) is 4.31 Å². The lowest BCUT2D eigenvalue weighted by molar-refractivity contribution is 0.414. The van der Waals surface area contributed by atoms with Gasteiger partial charge in [-0.3, -0.25) is 4.31 Å². The minimum atomic E-state index is -3.10. The second-order valence-electron chi connectivity index (χ2n) is 3.53. The minimum absolute atomic E-state index is 0.170. The first-order chi connectivity index (χ1) is 7.04. The molecule has 0 aromatic heterocycles. The Kier molecular flexibility index (Phi) is 2.34. The monoisotopic (exact) mass is 227 g/mol. The molecule has 0 atom stereocenters. The van der Waals surface area contributed by atoms with E-state index in [-0.39, 0.29) is 5.75 Å². The molecule has 0 spiro atoms. The molecule has 1 aliphatic rings. The fourth-order valence-corrected chi connectivity index (χ4v) is 2.95. The Balaban J connectivity index is 2.51.